The van der Waals surface area contributed by atoms with Gasteiger partial charge < -0.3 is 19.5 Å². The first-order valence-corrected chi connectivity index (χ1v) is 8.61. The molecule has 0 spiro atoms. The van der Waals surface area contributed by atoms with Crippen LogP contribution in [0.1, 0.15) is 5.56 Å². The van der Waals surface area contributed by atoms with Crippen LogP contribution in [0.15, 0.2) is 26.5 Å². The number of phenols is 1. The van der Waals surface area contributed by atoms with Crippen molar-refractivity contribution in [2.45, 2.75) is 0 Å². The van der Waals surface area contributed by atoms with E-state index in [4.69, 9.17) is 9.47 Å². The Morgan fingerprint density at radius 2 is 2.17 bits per heavy atom. The molecule has 0 saturated carbocycles. The number of ether oxygens (including phenoxy) is 2. The van der Waals surface area contributed by atoms with Crippen molar-refractivity contribution in [3.8, 4) is 11.5 Å². The number of carbonyl (C=O) groups is 1. The Bertz CT molecular complexity index is 699. The minimum Gasteiger partial charge on any atom is -0.503 e. The van der Waals surface area contributed by atoms with Crippen LogP contribution < -0.4 is 4.74 Å². The highest BCUT2D eigenvalue weighted by atomic mass is 79.9. The standard InChI is InChI=1S/C15H15BrN2O4S/c1-21-11-7-9(6-10(16)13(11)19)8-12-14(20)17-15(23-12)18-2-4-22-5-3-18/h6-8,19H,2-5H2,1H3/b12-8-. The predicted octanol–water partition coefficient (Wildman–Crippen LogP) is 2.47. The lowest BCUT2D eigenvalue weighted by molar-refractivity contribution is -0.113. The zero-order valence-electron chi connectivity index (χ0n) is 12.4. The first-order chi connectivity index (χ1) is 11.1. The highest BCUT2D eigenvalue weighted by Crippen LogP contribution is 2.37. The van der Waals surface area contributed by atoms with E-state index in [1.807, 2.05) is 0 Å². The average molecular weight is 399 g/mol. The molecule has 1 aromatic carbocycles. The number of aromatic hydroxyl groups is 1. The molecule has 2 aliphatic rings. The van der Waals surface area contributed by atoms with E-state index < -0.39 is 0 Å². The van der Waals surface area contributed by atoms with Crippen molar-refractivity contribution in [1.82, 2.24) is 4.90 Å². The fourth-order valence-electron chi connectivity index (χ4n) is 2.27. The number of aliphatic imine (C=N–C) groups is 1. The number of carbonyl (C=O) groups excluding carboxylic acids is 1. The van der Waals surface area contributed by atoms with E-state index in [-0.39, 0.29) is 11.7 Å². The van der Waals surface area contributed by atoms with Gasteiger partial charge in [-0.2, -0.15) is 4.99 Å². The maximum absolute atomic E-state index is 12.1. The van der Waals surface area contributed by atoms with E-state index >= 15 is 0 Å². The number of phenolic OH excluding ortho intramolecular Hbond substituents is 1. The number of thioether (sulfide) groups is 1. The summed E-state index contributed by atoms with van der Waals surface area (Å²) in [6.07, 6.45) is 1.75. The fraction of sp³-hybridized carbons (Fsp3) is 0.333. The van der Waals surface area contributed by atoms with Gasteiger partial charge in [-0.05, 0) is 51.5 Å². The topological polar surface area (TPSA) is 71.4 Å². The smallest absolute Gasteiger partial charge is 0.286 e. The highest BCUT2D eigenvalue weighted by molar-refractivity contribution is 9.10. The van der Waals surface area contributed by atoms with Crippen molar-refractivity contribution in [2.75, 3.05) is 33.4 Å². The molecule has 2 aliphatic heterocycles. The van der Waals surface area contributed by atoms with Crippen molar-refractivity contribution in [3.63, 3.8) is 0 Å². The van der Waals surface area contributed by atoms with E-state index in [1.54, 1.807) is 18.2 Å². The summed E-state index contributed by atoms with van der Waals surface area (Å²) < 4.78 is 10.9. The van der Waals surface area contributed by atoms with Crippen LogP contribution in [0.2, 0.25) is 0 Å². The van der Waals surface area contributed by atoms with Crippen LogP contribution in [0.25, 0.3) is 6.08 Å². The summed E-state index contributed by atoms with van der Waals surface area (Å²) in [6.45, 7) is 2.78. The van der Waals surface area contributed by atoms with Gasteiger partial charge in [0, 0.05) is 13.1 Å². The van der Waals surface area contributed by atoms with E-state index in [9.17, 15) is 9.90 Å². The van der Waals surface area contributed by atoms with Crippen LogP contribution in [0.5, 0.6) is 11.5 Å². The lowest BCUT2D eigenvalue weighted by Gasteiger charge is -2.27. The fourth-order valence-corrected chi connectivity index (χ4v) is 3.70. The third-order valence-corrected chi connectivity index (χ3v) is 5.11. The zero-order chi connectivity index (χ0) is 16.4. The molecular formula is C15H15BrN2O4S. The molecule has 0 aliphatic carbocycles. The van der Waals surface area contributed by atoms with Crippen LogP contribution in [-0.4, -0.2) is 54.5 Å². The van der Waals surface area contributed by atoms with Gasteiger partial charge in [0.05, 0.1) is 29.7 Å². The second kappa shape index (κ2) is 6.94. The Labute approximate surface area is 146 Å². The van der Waals surface area contributed by atoms with E-state index in [0.29, 0.717) is 33.5 Å². The van der Waals surface area contributed by atoms with Crippen molar-refractivity contribution >= 4 is 44.8 Å². The monoisotopic (exact) mass is 398 g/mol. The first-order valence-electron chi connectivity index (χ1n) is 7.00. The number of nitrogens with zero attached hydrogens (tertiary/aromatic N) is 2. The summed E-state index contributed by atoms with van der Waals surface area (Å²) in [5, 5.41) is 10.6. The maximum atomic E-state index is 12.1. The number of amidine groups is 1. The van der Waals surface area contributed by atoms with Gasteiger partial charge in [-0.1, -0.05) is 0 Å². The lowest BCUT2D eigenvalue weighted by Crippen LogP contribution is -2.38. The van der Waals surface area contributed by atoms with Gasteiger partial charge in [0.25, 0.3) is 5.91 Å². The molecule has 1 aromatic rings. The molecule has 1 N–H and O–H groups in total. The van der Waals surface area contributed by atoms with Gasteiger partial charge in [-0.15, -0.1) is 0 Å². The lowest BCUT2D eigenvalue weighted by atomic mass is 10.2. The molecule has 0 radical (unpaired) electrons. The largest absolute Gasteiger partial charge is 0.503 e. The summed E-state index contributed by atoms with van der Waals surface area (Å²) in [7, 11) is 1.48. The minimum atomic E-state index is -0.250. The van der Waals surface area contributed by atoms with E-state index in [0.717, 1.165) is 18.7 Å². The zero-order valence-corrected chi connectivity index (χ0v) is 14.8. The van der Waals surface area contributed by atoms with Gasteiger partial charge >= 0.3 is 0 Å². The maximum Gasteiger partial charge on any atom is 0.286 e. The summed E-state index contributed by atoms with van der Waals surface area (Å²) in [5.74, 6) is 0.126. The van der Waals surface area contributed by atoms with Crippen LogP contribution in [0.4, 0.5) is 0 Å². The molecule has 6 nitrogen and oxygen atoms in total. The van der Waals surface area contributed by atoms with Crippen LogP contribution in [-0.2, 0) is 9.53 Å². The van der Waals surface area contributed by atoms with Crippen LogP contribution in [0, 0.1) is 0 Å². The molecule has 8 heteroatoms. The molecule has 0 unspecified atom stereocenters. The van der Waals surface area contributed by atoms with Crippen molar-refractivity contribution < 1.29 is 19.4 Å². The minimum absolute atomic E-state index is 0.0327. The Hall–Kier alpha value is -1.51. The first kappa shape index (κ1) is 16.4. The molecule has 1 fully saturated rings. The van der Waals surface area contributed by atoms with E-state index in [1.165, 1.54) is 18.9 Å². The number of amides is 1. The SMILES string of the molecule is COc1cc(/C=C2\SC(N3CCOCC3)=NC2=O)cc(Br)c1O. The average Bonchev–Trinajstić information content (AvgIpc) is 2.92. The second-order valence-electron chi connectivity index (χ2n) is 4.96. The number of morpholine rings is 1. The number of hydrogen-bond donors (Lipinski definition) is 1. The van der Waals surface area contributed by atoms with Gasteiger partial charge in [-0.3, -0.25) is 4.79 Å². The molecule has 122 valence electrons. The summed E-state index contributed by atoms with van der Waals surface area (Å²) in [6, 6.07) is 3.40. The summed E-state index contributed by atoms with van der Waals surface area (Å²) in [5.41, 5.74) is 0.751. The Morgan fingerprint density at radius 3 is 2.87 bits per heavy atom. The molecule has 1 saturated heterocycles. The number of hydrogen-bond acceptors (Lipinski definition) is 6. The molecule has 3 rings (SSSR count). The van der Waals surface area contributed by atoms with Crippen LogP contribution >= 0.6 is 27.7 Å². The van der Waals surface area contributed by atoms with Gasteiger partial charge in [0.15, 0.2) is 16.7 Å². The number of rotatable bonds is 2. The van der Waals surface area contributed by atoms with Crippen molar-refractivity contribution in [3.05, 3.63) is 27.1 Å². The molecule has 0 aromatic heterocycles. The molecule has 1 amide bonds. The quantitative estimate of drug-likeness (QED) is 0.771. The Morgan fingerprint density at radius 1 is 1.43 bits per heavy atom. The summed E-state index contributed by atoms with van der Waals surface area (Å²) in [4.78, 5) is 18.8. The highest BCUT2D eigenvalue weighted by Gasteiger charge is 2.27. The van der Waals surface area contributed by atoms with E-state index in [2.05, 4.69) is 25.8 Å². The Kier molecular flexibility index (Phi) is 4.93. The number of halogens is 1. The second-order valence-corrected chi connectivity index (χ2v) is 6.83. The van der Waals surface area contributed by atoms with Gasteiger partial charge in [0.2, 0.25) is 0 Å². The molecule has 0 bridgehead atoms. The molecule has 0 atom stereocenters. The Balaban J connectivity index is 1.81. The van der Waals surface area contributed by atoms with Crippen molar-refractivity contribution in [1.29, 1.82) is 0 Å². The number of benzene rings is 1. The molecule has 23 heavy (non-hydrogen) atoms. The van der Waals surface area contributed by atoms with Crippen molar-refractivity contribution in [2.24, 2.45) is 4.99 Å². The van der Waals surface area contributed by atoms with Crippen LogP contribution in [0.3, 0.4) is 0 Å². The summed E-state index contributed by atoms with van der Waals surface area (Å²) >= 11 is 4.63. The third kappa shape index (κ3) is 3.54. The molecular weight excluding hydrogens is 384 g/mol. The third-order valence-electron chi connectivity index (χ3n) is 3.46. The predicted molar refractivity (Wildman–Crippen MR) is 92.8 cm³/mol. The number of methoxy groups -OCH3 is 1. The van der Waals surface area contributed by atoms with Gasteiger partial charge in [-0.25, -0.2) is 0 Å². The molecule has 2 heterocycles. The van der Waals surface area contributed by atoms with Gasteiger partial charge in [0.1, 0.15) is 0 Å². The normalized spacial score (nSPS) is 20.1.